The monoisotopic (exact) mass is 315 g/mol. The number of H-pyrrole nitrogens is 1. The molecule has 118 valence electrons. The lowest BCUT2D eigenvalue weighted by Gasteiger charge is -2.40. The van der Waals surface area contributed by atoms with Crippen molar-refractivity contribution in [3.8, 4) is 0 Å². The van der Waals surface area contributed by atoms with Crippen LogP contribution in [0.15, 0.2) is 28.2 Å². The molecule has 0 radical (unpaired) electrons. The minimum Gasteiger partial charge on any atom is -0.379 e. The van der Waals surface area contributed by atoms with E-state index in [0.717, 1.165) is 13.1 Å². The molecule has 1 fully saturated rings. The third-order valence-electron chi connectivity index (χ3n) is 3.64. The number of rotatable bonds is 5. The van der Waals surface area contributed by atoms with Gasteiger partial charge in [-0.15, -0.1) is 0 Å². The van der Waals surface area contributed by atoms with Crippen LogP contribution in [-0.4, -0.2) is 56.7 Å². The van der Waals surface area contributed by atoms with E-state index in [4.69, 9.17) is 4.74 Å². The van der Waals surface area contributed by atoms with Gasteiger partial charge in [-0.3, -0.25) is 9.69 Å². The van der Waals surface area contributed by atoms with Crippen LogP contribution in [0.2, 0.25) is 0 Å². The number of nitrogens with one attached hydrogen (secondary N) is 2. The number of aromatic amines is 1. The Kier molecular flexibility index (Phi) is 4.82. The Morgan fingerprint density at radius 2 is 2.05 bits per heavy atom. The zero-order valence-corrected chi connectivity index (χ0v) is 13.1. The SMILES string of the molecule is CC(C)(CNS(=O)(=O)c1c[nH]ccc1=O)N1CCOCC1. The zero-order valence-electron chi connectivity index (χ0n) is 12.3. The number of sulfonamides is 1. The smallest absolute Gasteiger partial charge is 0.245 e. The van der Waals surface area contributed by atoms with E-state index in [1.807, 2.05) is 13.8 Å². The van der Waals surface area contributed by atoms with Crippen molar-refractivity contribution in [2.45, 2.75) is 24.3 Å². The van der Waals surface area contributed by atoms with Crippen LogP contribution >= 0.6 is 0 Å². The highest BCUT2D eigenvalue weighted by molar-refractivity contribution is 7.89. The number of nitrogens with zero attached hydrogens (tertiary/aromatic N) is 1. The van der Waals surface area contributed by atoms with Crippen molar-refractivity contribution in [2.75, 3.05) is 32.8 Å². The van der Waals surface area contributed by atoms with Crippen molar-refractivity contribution in [1.82, 2.24) is 14.6 Å². The Morgan fingerprint density at radius 1 is 1.38 bits per heavy atom. The van der Waals surface area contributed by atoms with Crippen molar-refractivity contribution < 1.29 is 13.2 Å². The largest absolute Gasteiger partial charge is 0.379 e. The van der Waals surface area contributed by atoms with Crippen LogP contribution in [0.3, 0.4) is 0 Å². The van der Waals surface area contributed by atoms with E-state index < -0.39 is 15.5 Å². The van der Waals surface area contributed by atoms with Crippen LogP contribution in [0.25, 0.3) is 0 Å². The second kappa shape index (κ2) is 6.27. The highest BCUT2D eigenvalue weighted by atomic mass is 32.2. The molecule has 0 aliphatic carbocycles. The van der Waals surface area contributed by atoms with Gasteiger partial charge in [0.1, 0.15) is 4.90 Å². The van der Waals surface area contributed by atoms with E-state index in [-0.39, 0.29) is 17.0 Å². The second-order valence-corrected chi connectivity index (χ2v) is 7.34. The first-order valence-corrected chi connectivity index (χ1v) is 8.31. The second-order valence-electron chi connectivity index (χ2n) is 5.61. The average Bonchev–Trinajstić information content (AvgIpc) is 2.47. The maximum Gasteiger partial charge on any atom is 0.245 e. The summed E-state index contributed by atoms with van der Waals surface area (Å²) in [5.41, 5.74) is -0.872. The summed E-state index contributed by atoms with van der Waals surface area (Å²) in [6.07, 6.45) is 2.60. The predicted octanol–water partition coefficient (Wildman–Crippen LogP) is -0.236. The van der Waals surface area contributed by atoms with Crippen molar-refractivity contribution >= 4 is 10.0 Å². The summed E-state index contributed by atoms with van der Waals surface area (Å²) in [6, 6.07) is 1.20. The quantitative estimate of drug-likeness (QED) is 0.783. The Balaban J connectivity index is 2.07. The molecule has 1 aromatic heterocycles. The normalized spacial score (nSPS) is 17.8. The van der Waals surface area contributed by atoms with Gasteiger partial charge in [0, 0.05) is 43.6 Å². The third kappa shape index (κ3) is 3.91. The van der Waals surface area contributed by atoms with Crippen molar-refractivity contribution in [1.29, 1.82) is 0 Å². The molecular formula is C13H21N3O4S. The van der Waals surface area contributed by atoms with Crippen molar-refractivity contribution in [3.63, 3.8) is 0 Å². The van der Waals surface area contributed by atoms with Crippen LogP contribution in [-0.2, 0) is 14.8 Å². The maximum atomic E-state index is 12.2. The fourth-order valence-electron chi connectivity index (χ4n) is 2.24. The maximum absolute atomic E-state index is 12.2. The highest BCUT2D eigenvalue weighted by Gasteiger charge is 2.30. The fraction of sp³-hybridized carbons (Fsp3) is 0.615. The molecule has 1 aliphatic heterocycles. The van der Waals surface area contributed by atoms with Crippen molar-refractivity contribution in [2.24, 2.45) is 0 Å². The molecule has 0 spiro atoms. The Bertz CT molecular complexity index is 633. The Labute approximate surface area is 124 Å². The van der Waals surface area contributed by atoms with Gasteiger partial charge in [-0.25, -0.2) is 13.1 Å². The van der Waals surface area contributed by atoms with E-state index in [2.05, 4.69) is 14.6 Å². The lowest BCUT2D eigenvalue weighted by Crippen LogP contribution is -2.55. The minimum atomic E-state index is -3.81. The Morgan fingerprint density at radius 3 is 2.67 bits per heavy atom. The summed E-state index contributed by atoms with van der Waals surface area (Å²) in [7, 11) is -3.81. The van der Waals surface area contributed by atoms with Gasteiger partial charge in [-0.2, -0.15) is 0 Å². The number of hydrogen-bond acceptors (Lipinski definition) is 5. The number of morpholine rings is 1. The molecule has 7 nitrogen and oxygen atoms in total. The fourth-order valence-corrected chi connectivity index (χ4v) is 3.50. The molecular weight excluding hydrogens is 294 g/mol. The van der Waals surface area contributed by atoms with Gasteiger partial charge < -0.3 is 9.72 Å². The zero-order chi connectivity index (χ0) is 15.5. The van der Waals surface area contributed by atoms with E-state index >= 15 is 0 Å². The van der Waals surface area contributed by atoms with E-state index in [9.17, 15) is 13.2 Å². The lowest BCUT2D eigenvalue weighted by atomic mass is 10.0. The molecule has 1 aromatic rings. The number of ether oxygens (including phenoxy) is 1. The first-order chi connectivity index (χ1) is 9.83. The summed E-state index contributed by atoms with van der Waals surface area (Å²) in [6.45, 7) is 6.99. The molecule has 0 unspecified atom stereocenters. The topological polar surface area (TPSA) is 91.5 Å². The molecule has 1 saturated heterocycles. The van der Waals surface area contributed by atoms with Gasteiger partial charge in [0.05, 0.1) is 13.2 Å². The summed E-state index contributed by atoms with van der Waals surface area (Å²) in [5.74, 6) is 0. The van der Waals surface area contributed by atoms with Gasteiger partial charge >= 0.3 is 0 Å². The summed E-state index contributed by atoms with van der Waals surface area (Å²) >= 11 is 0. The third-order valence-corrected chi connectivity index (χ3v) is 5.06. The standard InChI is InChI=1S/C13H21N3O4S/c1-13(2,16-5-7-20-8-6-16)10-15-21(18,19)12-9-14-4-3-11(12)17/h3-4,9,15H,5-8,10H2,1-2H3,(H,14,17). The highest BCUT2D eigenvalue weighted by Crippen LogP contribution is 2.16. The molecule has 2 rings (SSSR count). The summed E-state index contributed by atoms with van der Waals surface area (Å²) < 4.78 is 32.2. The van der Waals surface area contributed by atoms with Gasteiger partial charge in [0.2, 0.25) is 15.5 Å². The molecule has 2 N–H and O–H groups in total. The van der Waals surface area contributed by atoms with Gasteiger partial charge in [-0.1, -0.05) is 0 Å². The average molecular weight is 315 g/mol. The molecule has 0 amide bonds. The molecule has 0 saturated carbocycles. The molecule has 0 atom stereocenters. The van der Waals surface area contributed by atoms with E-state index in [1.54, 1.807) is 0 Å². The number of pyridine rings is 1. The van der Waals surface area contributed by atoms with Gasteiger partial charge in [0.25, 0.3) is 0 Å². The predicted molar refractivity (Wildman–Crippen MR) is 78.7 cm³/mol. The van der Waals surface area contributed by atoms with Crippen LogP contribution in [0.1, 0.15) is 13.8 Å². The van der Waals surface area contributed by atoms with E-state index in [0.29, 0.717) is 13.2 Å². The molecule has 0 aromatic carbocycles. The van der Waals surface area contributed by atoms with Crippen molar-refractivity contribution in [3.05, 3.63) is 28.7 Å². The molecule has 21 heavy (non-hydrogen) atoms. The molecule has 0 bridgehead atoms. The van der Waals surface area contributed by atoms with Crippen LogP contribution < -0.4 is 10.2 Å². The summed E-state index contributed by atoms with van der Waals surface area (Å²) in [4.78, 5) is 16.2. The van der Waals surface area contributed by atoms with Crippen LogP contribution in [0, 0.1) is 0 Å². The molecule has 2 heterocycles. The summed E-state index contributed by atoms with van der Waals surface area (Å²) in [5, 5.41) is 0. The lowest BCUT2D eigenvalue weighted by molar-refractivity contribution is -0.00803. The van der Waals surface area contributed by atoms with Gasteiger partial charge in [-0.05, 0) is 13.8 Å². The minimum absolute atomic E-state index is 0.226. The first kappa shape index (κ1) is 16.2. The van der Waals surface area contributed by atoms with Gasteiger partial charge in [0.15, 0.2) is 0 Å². The van der Waals surface area contributed by atoms with Crippen LogP contribution in [0.5, 0.6) is 0 Å². The van der Waals surface area contributed by atoms with Crippen LogP contribution in [0.4, 0.5) is 0 Å². The molecule has 8 heteroatoms. The number of hydrogen-bond donors (Lipinski definition) is 2. The van der Waals surface area contributed by atoms with E-state index in [1.165, 1.54) is 18.5 Å². The first-order valence-electron chi connectivity index (χ1n) is 6.82. The molecule has 1 aliphatic rings. The Hall–Kier alpha value is -1.22. The number of aromatic nitrogens is 1.